The maximum atomic E-state index is 12.9. The summed E-state index contributed by atoms with van der Waals surface area (Å²) < 4.78 is 7.03. The van der Waals surface area contributed by atoms with E-state index in [1.165, 1.54) is 5.56 Å². The molecule has 1 saturated heterocycles. The Kier molecular flexibility index (Phi) is 9.40. The number of benzene rings is 1. The zero-order chi connectivity index (χ0) is 18.9. The van der Waals surface area contributed by atoms with Crippen LogP contribution in [0.4, 0.5) is 0 Å². The van der Waals surface area contributed by atoms with Gasteiger partial charge in [-0.1, -0.05) is 35.5 Å². The number of hydrogen-bond donors (Lipinski definition) is 1. The van der Waals surface area contributed by atoms with Crippen molar-refractivity contribution in [2.24, 2.45) is 0 Å². The minimum absolute atomic E-state index is 0. The summed E-state index contributed by atoms with van der Waals surface area (Å²) in [4.78, 5) is 14.8. The predicted octanol–water partition coefficient (Wildman–Crippen LogP) is 2.35. The Morgan fingerprint density at radius 3 is 2.71 bits per heavy atom. The maximum absolute atomic E-state index is 12.9. The number of rotatable bonds is 9. The van der Waals surface area contributed by atoms with Crippen LogP contribution in [0.25, 0.3) is 0 Å². The monoisotopic (exact) mass is 407 g/mol. The first-order chi connectivity index (χ1) is 13.3. The second kappa shape index (κ2) is 11.8. The summed E-state index contributed by atoms with van der Waals surface area (Å²) in [5.41, 5.74) is 1.71. The van der Waals surface area contributed by atoms with E-state index in [-0.39, 0.29) is 18.3 Å². The molecule has 1 amide bonds. The number of halogens is 1. The molecule has 0 radical (unpaired) electrons. The summed E-state index contributed by atoms with van der Waals surface area (Å²) in [5, 5.41) is 11.7. The van der Waals surface area contributed by atoms with Crippen LogP contribution in [0.2, 0.25) is 0 Å². The molecule has 28 heavy (non-hydrogen) atoms. The number of nitrogens with one attached hydrogen (secondary N) is 1. The van der Waals surface area contributed by atoms with Gasteiger partial charge in [0.2, 0.25) is 0 Å². The fourth-order valence-electron chi connectivity index (χ4n) is 3.42. The minimum atomic E-state index is -0.0692. The predicted molar refractivity (Wildman–Crippen MR) is 111 cm³/mol. The first kappa shape index (κ1) is 22.3. The van der Waals surface area contributed by atoms with Crippen LogP contribution in [-0.4, -0.2) is 65.7 Å². The zero-order valence-electron chi connectivity index (χ0n) is 16.4. The molecule has 2 heterocycles. The highest BCUT2D eigenvalue weighted by molar-refractivity contribution is 5.91. The van der Waals surface area contributed by atoms with E-state index in [2.05, 4.69) is 27.8 Å². The van der Waals surface area contributed by atoms with Crippen molar-refractivity contribution in [1.82, 2.24) is 25.2 Å². The van der Waals surface area contributed by atoms with E-state index in [1.54, 1.807) is 13.3 Å². The molecule has 3 rings (SSSR count). The lowest BCUT2D eigenvalue weighted by molar-refractivity contribution is 0.0687. The van der Waals surface area contributed by atoms with Gasteiger partial charge in [-0.25, -0.2) is 4.68 Å². The van der Waals surface area contributed by atoms with Crippen LogP contribution >= 0.6 is 12.4 Å². The molecule has 7 nitrogen and oxygen atoms in total. The van der Waals surface area contributed by atoms with Gasteiger partial charge >= 0.3 is 0 Å². The average molecular weight is 408 g/mol. The van der Waals surface area contributed by atoms with E-state index in [4.69, 9.17) is 4.74 Å². The lowest BCUT2D eigenvalue weighted by Gasteiger charge is -2.22. The van der Waals surface area contributed by atoms with Crippen LogP contribution in [0.15, 0.2) is 36.5 Å². The minimum Gasteiger partial charge on any atom is -0.383 e. The second-order valence-corrected chi connectivity index (χ2v) is 6.94. The Bertz CT molecular complexity index is 704. The van der Waals surface area contributed by atoms with Crippen molar-refractivity contribution in [1.29, 1.82) is 0 Å². The maximum Gasteiger partial charge on any atom is 0.276 e. The molecule has 0 unspecified atom stereocenters. The standard InChI is InChI=1S/C20H29N5O2.ClH/c1-27-15-14-24(13-5-8-17-6-3-2-4-7-17)20(26)19-16-25(23-22-19)18-9-11-21-12-10-18;/h2-4,6-7,16,18,21H,5,8-15H2,1H3;1H. The molecule has 0 spiro atoms. The lowest BCUT2D eigenvalue weighted by Crippen LogP contribution is -2.35. The van der Waals surface area contributed by atoms with Crippen LogP contribution in [0.5, 0.6) is 0 Å². The van der Waals surface area contributed by atoms with Crippen molar-refractivity contribution in [3.05, 3.63) is 47.8 Å². The molecule has 0 aliphatic carbocycles. The van der Waals surface area contributed by atoms with Crippen LogP contribution in [0.1, 0.15) is 41.4 Å². The number of piperidine rings is 1. The van der Waals surface area contributed by atoms with Crippen molar-refractivity contribution < 1.29 is 9.53 Å². The molecule has 1 aromatic heterocycles. The summed E-state index contributed by atoms with van der Waals surface area (Å²) in [5.74, 6) is -0.0692. The molecule has 0 atom stereocenters. The van der Waals surface area contributed by atoms with Gasteiger partial charge in [-0.15, -0.1) is 17.5 Å². The fraction of sp³-hybridized carbons (Fsp3) is 0.550. The number of aromatic nitrogens is 3. The van der Waals surface area contributed by atoms with E-state index in [9.17, 15) is 4.79 Å². The van der Waals surface area contributed by atoms with E-state index in [0.717, 1.165) is 38.8 Å². The van der Waals surface area contributed by atoms with Gasteiger partial charge in [0.1, 0.15) is 0 Å². The van der Waals surface area contributed by atoms with Crippen LogP contribution < -0.4 is 5.32 Å². The fourth-order valence-corrected chi connectivity index (χ4v) is 3.42. The Labute approximate surface area is 172 Å². The van der Waals surface area contributed by atoms with Crippen LogP contribution in [-0.2, 0) is 11.2 Å². The summed E-state index contributed by atoms with van der Waals surface area (Å²) in [6.45, 7) is 3.71. The number of methoxy groups -OCH3 is 1. The highest BCUT2D eigenvalue weighted by Crippen LogP contribution is 2.17. The summed E-state index contributed by atoms with van der Waals surface area (Å²) in [6.07, 6.45) is 5.68. The van der Waals surface area contributed by atoms with Gasteiger partial charge in [-0.2, -0.15) is 0 Å². The number of nitrogens with zero attached hydrogens (tertiary/aromatic N) is 4. The molecule has 0 saturated carbocycles. The Balaban J connectivity index is 0.00000280. The van der Waals surface area contributed by atoms with E-state index in [1.807, 2.05) is 27.8 Å². The summed E-state index contributed by atoms with van der Waals surface area (Å²) in [6, 6.07) is 10.7. The second-order valence-electron chi connectivity index (χ2n) is 6.94. The molecule has 0 bridgehead atoms. The molecule has 1 aliphatic heterocycles. The number of amides is 1. The molecule has 1 N–H and O–H groups in total. The third-order valence-electron chi connectivity index (χ3n) is 5.00. The van der Waals surface area contributed by atoms with Gasteiger partial charge in [-0.3, -0.25) is 4.79 Å². The number of ether oxygens (including phenoxy) is 1. The van der Waals surface area contributed by atoms with Crippen molar-refractivity contribution in [2.75, 3.05) is 39.9 Å². The Morgan fingerprint density at radius 2 is 2.00 bits per heavy atom. The lowest BCUT2D eigenvalue weighted by atomic mass is 10.1. The van der Waals surface area contributed by atoms with Crippen molar-refractivity contribution in [2.45, 2.75) is 31.7 Å². The molecule has 1 aliphatic rings. The number of carbonyl (C=O) groups excluding carboxylic acids is 1. The highest BCUT2D eigenvalue weighted by Gasteiger charge is 2.22. The molecule has 1 fully saturated rings. The number of hydrogen-bond acceptors (Lipinski definition) is 5. The average Bonchev–Trinajstić information content (AvgIpc) is 3.22. The van der Waals surface area contributed by atoms with Gasteiger partial charge in [0.15, 0.2) is 5.69 Å². The number of aryl methyl sites for hydroxylation is 1. The van der Waals surface area contributed by atoms with E-state index >= 15 is 0 Å². The third kappa shape index (κ3) is 6.29. The van der Waals surface area contributed by atoms with E-state index < -0.39 is 0 Å². The Hall–Kier alpha value is -1.96. The first-order valence-electron chi connectivity index (χ1n) is 9.72. The molecule has 8 heteroatoms. The largest absolute Gasteiger partial charge is 0.383 e. The van der Waals surface area contributed by atoms with Gasteiger partial charge in [0.05, 0.1) is 18.8 Å². The molecular weight excluding hydrogens is 378 g/mol. The van der Waals surface area contributed by atoms with Gasteiger partial charge in [0.25, 0.3) is 5.91 Å². The number of carbonyl (C=O) groups is 1. The quantitative estimate of drug-likeness (QED) is 0.690. The van der Waals surface area contributed by atoms with Crippen molar-refractivity contribution >= 4 is 18.3 Å². The zero-order valence-corrected chi connectivity index (χ0v) is 17.2. The molecular formula is C20H30ClN5O2. The smallest absolute Gasteiger partial charge is 0.276 e. The summed E-state index contributed by atoms with van der Waals surface area (Å²) in [7, 11) is 1.65. The Morgan fingerprint density at radius 1 is 1.25 bits per heavy atom. The highest BCUT2D eigenvalue weighted by atomic mass is 35.5. The molecule has 154 valence electrons. The molecule has 2 aromatic rings. The normalized spacial score (nSPS) is 14.5. The first-order valence-corrected chi connectivity index (χ1v) is 9.72. The SMILES string of the molecule is COCCN(CCCc1ccccc1)C(=O)c1cn(C2CCNCC2)nn1.Cl. The van der Waals surface area contributed by atoms with Gasteiger partial charge in [0, 0.05) is 20.2 Å². The van der Waals surface area contributed by atoms with Crippen LogP contribution in [0, 0.1) is 0 Å². The topological polar surface area (TPSA) is 72.3 Å². The summed E-state index contributed by atoms with van der Waals surface area (Å²) >= 11 is 0. The van der Waals surface area contributed by atoms with Gasteiger partial charge in [-0.05, 0) is 44.3 Å². The molecule has 1 aromatic carbocycles. The van der Waals surface area contributed by atoms with Gasteiger partial charge < -0.3 is 15.0 Å². The van der Waals surface area contributed by atoms with Crippen molar-refractivity contribution in [3.63, 3.8) is 0 Å². The van der Waals surface area contributed by atoms with E-state index in [0.29, 0.717) is 31.4 Å². The third-order valence-corrected chi connectivity index (χ3v) is 5.00. The van der Waals surface area contributed by atoms with Crippen LogP contribution in [0.3, 0.4) is 0 Å². The van der Waals surface area contributed by atoms with Crippen molar-refractivity contribution in [3.8, 4) is 0 Å².